The number of piperidine rings is 1. The Hall–Kier alpha value is -3.96. The summed E-state index contributed by atoms with van der Waals surface area (Å²) in [6.45, 7) is 4.08. The number of pyridine rings is 1. The first kappa shape index (κ1) is 22.8. The van der Waals surface area contributed by atoms with Crippen LogP contribution in [0.1, 0.15) is 47.8 Å². The van der Waals surface area contributed by atoms with Gasteiger partial charge in [0.05, 0.1) is 18.3 Å². The minimum atomic E-state index is -4.80. The summed E-state index contributed by atoms with van der Waals surface area (Å²) in [6.07, 6.45) is -0.357. The van der Waals surface area contributed by atoms with Crippen LogP contribution in [-0.2, 0) is 0 Å². The van der Waals surface area contributed by atoms with Crippen molar-refractivity contribution in [3.05, 3.63) is 60.0 Å². The molecule has 0 aliphatic carbocycles. The summed E-state index contributed by atoms with van der Waals surface area (Å²) in [5, 5.41) is 8.26. The van der Waals surface area contributed by atoms with Gasteiger partial charge in [0.1, 0.15) is 17.0 Å². The lowest BCUT2D eigenvalue weighted by molar-refractivity contribution is -0.274. The van der Waals surface area contributed by atoms with Crippen LogP contribution in [0.2, 0.25) is 0 Å². The van der Waals surface area contributed by atoms with Crippen LogP contribution in [0.25, 0.3) is 16.8 Å². The fraction of sp³-hybridized carbons (Fsp3) is 0.348. The molecule has 0 N–H and O–H groups in total. The number of fused-ring (bicyclic) bond motifs is 1. The highest BCUT2D eigenvalue weighted by molar-refractivity contribution is 5.96. The van der Waals surface area contributed by atoms with Crippen molar-refractivity contribution in [1.29, 1.82) is 0 Å². The lowest BCUT2D eigenvalue weighted by Gasteiger charge is -2.37. The summed E-state index contributed by atoms with van der Waals surface area (Å²) in [5.74, 6) is -0.509. The zero-order valence-electron chi connectivity index (χ0n) is 18.9. The van der Waals surface area contributed by atoms with E-state index in [-0.39, 0.29) is 34.8 Å². The number of aromatic nitrogens is 5. The lowest BCUT2D eigenvalue weighted by atomic mass is 9.93. The molecule has 0 spiro atoms. The number of hydrogen-bond acceptors (Lipinski definition) is 7. The Balaban J connectivity index is 1.42. The first-order valence-corrected chi connectivity index (χ1v) is 11.0. The molecule has 0 saturated carbocycles. The third kappa shape index (κ3) is 4.68. The number of benzene rings is 1. The SMILES string of the molecule is Cc1ccc(-n2nccn2)c(C(=O)N2C[C@H](c3nc4cc(OC(F)(F)F)ccc4o3)CC[C@H]2C)n1. The van der Waals surface area contributed by atoms with Gasteiger partial charge in [0.15, 0.2) is 17.2 Å². The van der Waals surface area contributed by atoms with Gasteiger partial charge in [-0.05, 0) is 51.0 Å². The van der Waals surface area contributed by atoms with Gasteiger partial charge < -0.3 is 14.1 Å². The number of hydrogen-bond donors (Lipinski definition) is 0. The predicted octanol–water partition coefficient (Wildman–Crippen LogP) is 4.42. The molecule has 1 aliphatic heterocycles. The monoisotopic (exact) mass is 486 g/mol. The van der Waals surface area contributed by atoms with E-state index in [1.54, 1.807) is 24.0 Å². The molecule has 9 nitrogen and oxygen atoms in total. The van der Waals surface area contributed by atoms with Crippen LogP contribution in [0.5, 0.6) is 5.75 Å². The Bertz CT molecular complexity index is 1370. The first-order chi connectivity index (χ1) is 16.7. The first-order valence-electron chi connectivity index (χ1n) is 11.0. The van der Waals surface area contributed by atoms with Gasteiger partial charge >= 0.3 is 6.36 Å². The van der Waals surface area contributed by atoms with Gasteiger partial charge in [0.2, 0.25) is 0 Å². The van der Waals surface area contributed by atoms with E-state index in [0.717, 1.165) is 0 Å². The number of rotatable bonds is 4. The van der Waals surface area contributed by atoms with E-state index in [4.69, 9.17) is 4.42 Å². The molecule has 1 amide bonds. The summed E-state index contributed by atoms with van der Waals surface area (Å²) in [6, 6.07) is 7.23. The molecule has 0 unspecified atom stereocenters. The minimum Gasteiger partial charge on any atom is -0.440 e. The number of alkyl halides is 3. The second-order valence-corrected chi connectivity index (χ2v) is 8.45. The molecule has 4 aromatic rings. The Morgan fingerprint density at radius 3 is 2.63 bits per heavy atom. The van der Waals surface area contributed by atoms with Gasteiger partial charge in [0.25, 0.3) is 5.91 Å². The Kier molecular flexibility index (Phi) is 5.65. The maximum Gasteiger partial charge on any atom is 0.573 e. The van der Waals surface area contributed by atoms with Crippen LogP contribution in [0.4, 0.5) is 13.2 Å². The van der Waals surface area contributed by atoms with Crippen LogP contribution < -0.4 is 4.74 Å². The largest absolute Gasteiger partial charge is 0.573 e. The topological polar surface area (TPSA) is 99.2 Å². The maximum atomic E-state index is 13.6. The second kappa shape index (κ2) is 8.67. The van der Waals surface area contributed by atoms with Crippen LogP contribution in [-0.4, -0.2) is 54.7 Å². The quantitative estimate of drug-likeness (QED) is 0.421. The van der Waals surface area contributed by atoms with E-state index in [1.807, 2.05) is 6.92 Å². The summed E-state index contributed by atoms with van der Waals surface area (Å²) >= 11 is 0. The summed E-state index contributed by atoms with van der Waals surface area (Å²) in [4.78, 5) is 25.6. The van der Waals surface area contributed by atoms with Crippen molar-refractivity contribution in [2.45, 2.75) is 45.0 Å². The summed E-state index contributed by atoms with van der Waals surface area (Å²) < 4.78 is 47.5. The highest BCUT2D eigenvalue weighted by atomic mass is 19.4. The zero-order valence-corrected chi connectivity index (χ0v) is 18.9. The second-order valence-electron chi connectivity index (χ2n) is 8.45. The molecule has 35 heavy (non-hydrogen) atoms. The fourth-order valence-electron chi connectivity index (χ4n) is 4.23. The van der Waals surface area contributed by atoms with E-state index in [2.05, 4.69) is 24.9 Å². The van der Waals surface area contributed by atoms with Crippen LogP contribution in [0.3, 0.4) is 0 Å². The number of carbonyl (C=O) groups is 1. The molecule has 5 rings (SSSR count). The van der Waals surface area contributed by atoms with Crippen molar-refractivity contribution in [2.24, 2.45) is 0 Å². The molecular weight excluding hydrogens is 465 g/mol. The lowest BCUT2D eigenvalue weighted by Crippen LogP contribution is -2.45. The van der Waals surface area contributed by atoms with Crippen molar-refractivity contribution >= 4 is 17.0 Å². The highest BCUT2D eigenvalue weighted by Gasteiger charge is 2.35. The molecule has 1 saturated heterocycles. The standard InChI is InChI=1S/C23H21F3N6O3/c1-13-3-7-18(32-27-9-10-28-32)20(29-13)22(33)31-12-15(5-4-14(31)2)21-30-17-11-16(35-23(24,25)26)6-8-19(17)34-21/h3,6-11,14-15H,4-5,12H2,1-2H3/t14-,15-/m1/s1. The van der Waals surface area contributed by atoms with E-state index in [0.29, 0.717) is 42.2 Å². The Morgan fingerprint density at radius 2 is 1.89 bits per heavy atom. The maximum absolute atomic E-state index is 13.6. The molecule has 3 aromatic heterocycles. The number of halogens is 3. The average Bonchev–Trinajstić information content (AvgIpc) is 3.48. The van der Waals surface area contributed by atoms with Crippen LogP contribution in [0, 0.1) is 6.92 Å². The number of nitrogens with zero attached hydrogens (tertiary/aromatic N) is 6. The molecule has 2 atom stereocenters. The van der Waals surface area contributed by atoms with Gasteiger partial charge in [0, 0.05) is 24.3 Å². The van der Waals surface area contributed by atoms with Gasteiger partial charge in [-0.15, -0.1) is 18.0 Å². The number of amides is 1. The summed E-state index contributed by atoms with van der Waals surface area (Å²) in [5.41, 5.74) is 1.99. The van der Waals surface area contributed by atoms with Gasteiger partial charge in [-0.3, -0.25) is 4.79 Å². The number of ether oxygens (including phenoxy) is 1. The van der Waals surface area contributed by atoms with Gasteiger partial charge in [-0.25, -0.2) is 9.97 Å². The molecule has 12 heteroatoms. The zero-order chi connectivity index (χ0) is 24.7. The molecule has 0 radical (unpaired) electrons. The fourth-order valence-corrected chi connectivity index (χ4v) is 4.23. The average molecular weight is 486 g/mol. The van der Waals surface area contributed by atoms with Gasteiger partial charge in [-0.2, -0.15) is 10.2 Å². The minimum absolute atomic E-state index is 0.0596. The van der Waals surface area contributed by atoms with Crippen molar-refractivity contribution in [3.8, 4) is 11.4 Å². The van der Waals surface area contributed by atoms with Gasteiger partial charge in [-0.1, -0.05) is 0 Å². The third-order valence-corrected chi connectivity index (χ3v) is 5.95. The number of aryl methyl sites for hydroxylation is 1. The van der Waals surface area contributed by atoms with E-state index >= 15 is 0 Å². The Morgan fingerprint density at radius 1 is 1.11 bits per heavy atom. The molecule has 1 fully saturated rings. The molecular formula is C23H21F3N6O3. The van der Waals surface area contributed by atoms with Crippen molar-refractivity contribution in [3.63, 3.8) is 0 Å². The van der Waals surface area contributed by atoms with E-state index < -0.39 is 6.36 Å². The normalized spacial score (nSPS) is 18.7. The number of carbonyl (C=O) groups excluding carboxylic acids is 1. The summed E-state index contributed by atoms with van der Waals surface area (Å²) in [7, 11) is 0. The molecule has 0 bridgehead atoms. The predicted molar refractivity (Wildman–Crippen MR) is 117 cm³/mol. The molecule has 1 aromatic carbocycles. The van der Waals surface area contributed by atoms with Crippen molar-refractivity contribution < 1.29 is 27.1 Å². The Labute approximate surface area is 197 Å². The smallest absolute Gasteiger partial charge is 0.440 e. The number of oxazole rings is 1. The van der Waals surface area contributed by atoms with E-state index in [9.17, 15) is 18.0 Å². The van der Waals surface area contributed by atoms with Crippen molar-refractivity contribution in [2.75, 3.05) is 6.54 Å². The van der Waals surface area contributed by atoms with E-state index in [1.165, 1.54) is 35.4 Å². The van der Waals surface area contributed by atoms with Crippen molar-refractivity contribution in [1.82, 2.24) is 29.9 Å². The molecule has 182 valence electrons. The highest BCUT2D eigenvalue weighted by Crippen LogP contribution is 2.34. The molecule has 1 aliphatic rings. The third-order valence-electron chi connectivity index (χ3n) is 5.95. The molecule has 4 heterocycles. The van der Waals surface area contributed by atoms with Crippen LogP contribution >= 0.6 is 0 Å². The number of likely N-dealkylation sites (tertiary alicyclic amines) is 1. The van der Waals surface area contributed by atoms with Crippen LogP contribution in [0.15, 0.2) is 47.1 Å².